The van der Waals surface area contributed by atoms with Crippen molar-refractivity contribution in [2.24, 2.45) is 0 Å². The van der Waals surface area contributed by atoms with E-state index in [4.69, 9.17) is 4.74 Å². The van der Waals surface area contributed by atoms with E-state index in [9.17, 15) is 0 Å². The Morgan fingerprint density at radius 3 is 2.50 bits per heavy atom. The molecule has 1 N–H and O–H groups in total. The number of benzene rings is 1. The Labute approximate surface area is 113 Å². The lowest BCUT2D eigenvalue weighted by Crippen LogP contribution is -2.07. The topological polar surface area (TPSA) is 21.3 Å². The summed E-state index contributed by atoms with van der Waals surface area (Å²) in [5.41, 5.74) is 3.72. The average molecular weight is 261 g/mol. The molecule has 0 radical (unpaired) electrons. The number of methoxy groups -OCH3 is 1. The second-order valence-corrected chi connectivity index (χ2v) is 5.46. The Morgan fingerprint density at radius 1 is 1.17 bits per heavy atom. The van der Waals surface area contributed by atoms with Gasteiger partial charge in [-0.15, -0.1) is 11.3 Å². The van der Waals surface area contributed by atoms with Gasteiger partial charge in [0.05, 0.1) is 13.2 Å². The van der Waals surface area contributed by atoms with Gasteiger partial charge in [-0.05, 0) is 61.5 Å². The molecule has 18 heavy (non-hydrogen) atoms. The second kappa shape index (κ2) is 5.44. The van der Waals surface area contributed by atoms with Gasteiger partial charge < -0.3 is 10.1 Å². The first-order valence-electron chi connectivity index (χ1n) is 6.07. The summed E-state index contributed by atoms with van der Waals surface area (Å²) in [4.78, 5) is 1.39. The molecule has 2 nitrogen and oxygen atoms in total. The van der Waals surface area contributed by atoms with Gasteiger partial charge in [-0.2, -0.15) is 0 Å². The predicted molar refractivity (Wildman–Crippen MR) is 78.8 cm³/mol. The number of hydrogen-bond acceptors (Lipinski definition) is 3. The van der Waals surface area contributed by atoms with E-state index >= 15 is 0 Å². The van der Waals surface area contributed by atoms with Gasteiger partial charge in [0.15, 0.2) is 0 Å². The van der Waals surface area contributed by atoms with Gasteiger partial charge in [-0.3, -0.25) is 0 Å². The minimum absolute atomic E-state index is 0.331. The van der Waals surface area contributed by atoms with Crippen LogP contribution in [-0.4, -0.2) is 7.11 Å². The average Bonchev–Trinajstić information content (AvgIpc) is 2.78. The van der Waals surface area contributed by atoms with E-state index in [-0.39, 0.29) is 0 Å². The molecular weight excluding hydrogens is 242 g/mol. The van der Waals surface area contributed by atoms with Gasteiger partial charge in [-0.25, -0.2) is 0 Å². The molecule has 3 heteroatoms. The van der Waals surface area contributed by atoms with Gasteiger partial charge in [0, 0.05) is 10.6 Å². The lowest BCUT2D eigenvalue weighted by atomic mass is 10.1. The van der Waals surface area contributed by atoms with E-state index in [0.717, 1.165) is 11.4 Å². The molecule has 0 saturated carbocycles. The fourth-order valence-electron chi connectivity index (χ4n) is 2.05. The highest BCUT2D eigenvalue weighted by molar-refractivity contribution is 7.10. The smallest absolute Gasteiger partial charge is 0.119 e. The maximum absolute atomic E-state index is 5.22. The Hall–Kier alpha value is -1.48. The molecule has 96 valence electrons. The van der Waals surface area contributed by atoms with Crippen LogP contribution in [0, 0.1) is 13.8 Å². The fourth-order valence-corrected chi connectivity index (χ4v) is 2.99. The summed E-state index contributed by atoms with van der Waals surface area (Å²) in [6.07, 6.45) is 0. The Bertz CT molecular complexity index is 533. The number of thiophene rings is 1. The third-order valence-corrected chi connectivity index (χ3v) is 4.30. The van der Waals surface area contributed by atoms with Crippen LogP contribution in [0.25, 0.3) is 0 Å². The monoisotopic (exact) mass is 261 g/mol. The molecule has 0 bridgehead atoms. The zero-order chi connectivity index (χ0) is 13.1. The molecule has 1 unspecified atom stereocenters. The molecule has 1 heterocycles. The normalized spacial score (nSPS) is 12.2. The molecule has 1 aromatic heterocycles. The van der Waals surface area contributed by atoms with Crippen molar-refractivity contribution in [1.29, 1.82) is 0 Å². The molecule has 0 fully saturated rings. The highest BCUT2D eigenvalue weighted by atomic mass is 32.1. The highest BCUT2D eigenvalue weighted by Crippen LogP contribution is 2.29. The molecule has 0 saturated heterocycles. The number of rotatable bonds is 4. The first-order chi connectivity index (χ1) is 8.61. The lowest BCUT2D eigenvalue weighted by Gasteiger charge is -2.17. The molecule has 1 aromatic carbocycles. The first-order valence-corrected chi connectivity index (χ1v) is 6.95. The maximum atomic E-state index is 5.22. The second-order valence-electron chi connectivity index (χ2n) is 4.51. The van der Waals surface area contributed by atoms with Crippen LogP contribution in [0.2, 0.25) is 0 Å². The van der Waals surface area contributed by atoms with Gasteiger partial charge in [0.2, 0.25) is 0 Å². The summed E-state index contributed by atoms with van der Waals surface area (Å²) in [6.45, 7) is 6.45. The van der Waals surface area contributed by atoms with Gasteiger partial charge >= 0.3 is 0 Å². The number of aryl methyl sites for hydroxylation is 2. The van der Waals surface area contributed by atoms with E-state index in [2.05, 4.69) is 49.7 Å². The molecule has 0 aliphatic rings. The van der Waals surface area contributed by atoms with Crippen LogP contribution in [0.4, 0.5) is 5.69 Å². The van der Waals surface area contributed by atoms with Crippen molar-refractivity contribution in [3.05, 3.63) is 45.6 Å². The Kier molecular flexibility index (Phi) is 3.92. The zero-order valence-corrected chi connectivity index (χ0v) is 12.1. The molecule has 2 aromatic rings. The van der Waals surface area contributed by atoms with Gasteiger partial charge in [0.1, 0.15) is 5.75 Å². The summed E-state index contributed by atoms with van der Waals surface area (Å²) in [7, 11) is 1.69. The SMILES string of the molecule is COc1ccc(NC(C)c2sccc2C)c(C)c1. The molecule has 2 rings (SSSR count). The van der Waals surface area contributed by atoms with E-state index in [1.165, 1.54) is 16.0 Å². The van der Waals surface area contributed by atoms with E-state index in [0.29, 0.717) is 6.04 Å². The Balaban J connectivity index is 2.17. The highest BCUT2D eigenvalue weighted by Gasteiger charge is 2.10. The van der Waals surface area contributed by atoms with Crippen LogP contribution in [-0.2, 0) is 0 Å². The Morgan fingerprint density at radius 2 is 1.94 bits per heavy atom. The number of ether oxygens (including phenoxy) is 1. The third kappa shape index (κ3) is 2.67. The number of nitrogens with one attached hydrogen (secondary N) is 1. The van der Waals surface area contributed by atoms with Crippen LogP contribution < -0.4 is 10.1 Å². The maximum Gasteiger partial charge on any atom is 0.119 e. The van der Waals surface area contributed by atoms with E-state index in [1.54, 1.807) is 18.4 Å². The summed E-state index contributed by atoms with van der Waals surface area (Å²) < 4.78 is 5.22. The van der Waals surface area contributed by atoms with Crippen LogP contribution in [0.1, 0.15) is 29.0 Å². The fraction of sp³-hybridized carbons (Fsp3) is 0.333. The van der Waals surface area contributed by atoms with Crippen molar-refractivity contribution in [2.75, 3.05) is 12.4 Å². The van der Waals surface area contributed by atoms with Crippen LogP contribution >= 0.6 is 11.3 Å². The standard InChI is InChI=1S/C15H19NOS/c1-10-7-8-18-15(10)12(3)16-14-6-5-13(17-4)9-11(14)2/h5-9,12,16H,1-4H3. The molecule has 0 aliphatic heterocycles. The minimum atomic E-state index is 0.331. The molecule has 1 atom stereocenters. The molecule has 0 aliphatic carbocycles. The lowest BCUT2D eigenvalue weighted by molar-refractivity contribution is 0.414. The first kappa shape index (κ1) is 13.0. The van der Waals surface area contributed by atoms with Crippen molar-refractivity contribution < 1.29 is 4.74 Å². The van der Waals surface area contributed by atoms with E-state index < -0.39 is 0 Å². The number of hydrogen-bond donors (Lipinski definition) is 1. The molecule has 0 amide bonds. The van der Waals surface area contributed by atoms with Crippen molar-refractivity contribution >= 4 is 17.0 Å². The summed E-state index contributed by atoms with van der Waals surface area (Å²) in [5.74, 6) is 0.901. The van der Waals surface area contributed by atoms with Crippen molar-refractivity contribution in [2.45, 2.75) is 26.8 Å². The van der Waals surface area contributed by atoms with Crippen molar-refractivity contribution in [1.82, 2.24) is 0 Å². The largest absolute Gasteiger partial charge is 0.497 e. The summed E-state index contributed by atoms with van der Waals surface area (Å²) >= 11 is 1.80. The summed E-state index contributed by atoms with van der Waals surface area (Å²) in [6, 6.07) is 8.61. The van der Waals surface area contributed by atoms with Crippen LogP contribution in [0.15, 0.2) is 29.6 Å². The molecule has 0 spiro atoms. The number of anilines is 1. The van der Waals surface area contributed by atoms with Crippen LogP contribution in [0.3, 0.4) is 0 Å². The predicted octanol–water partition coefficient (Wildman–Crippen LogP) is 4.55. The third-order valence-electron chi connectivity index (χ3n) is 3.10. The van der Waals surface area contributed by atoms with Gasteiger partial charge in [0.25, 0.3) is 0 Å². The van der Waals surface area contributed by atoms with Crippen molar-refractivity contribution in [3.63, 3.8) is 0 Å². The van der Waals surface area contributed by atoms with E-state index in [1.807, 2.05) is 6.07 Å². The minimum Gasteiger partial charge on any atom is -0.497 e. The molecular formula is C15H19NOS. The van der Waals surface area contributed by atoms with Gasteiger partial charge in [-0.1, -0.05) is 0 Å². The van der Waals surface area contributed by atoms with Crippen molar-refractivity contribution in [3.8, 4) is 5.75 Å². The summed E-state index contributed by atoms with van der Waals surface area (Å²) in [5, 5.41) is 5.70. The quantitative estimate of drug-likeness (QED) is 0.872. The zero-order valence-electron chi connectivity index (χ0n) is 11.3. The van der Waals surface area contributed by atoms with Crippen LogP contribution in [0.5, 0.6) is 5.75 Å².